The molecule has 4 aromatic heterocycles. The molecule has 0 saturated carbocycles. The van der Waals surface area contributed by atoms with E-state index in [1.54, 1.807) is 35.6 Å². The van der Waals surface area contributed by atoms with Gasteiger partial charge in [0.2, 0.25) is 5.95 Å². The van der Waals surface area contributed by atoms with Gasteiger partial charge >= 0.3 is 0 Å². The first kappa shape index (κ1) is 18.1. The molecule has 0 aromatic carbocycles. The van der Waals surface area contributed by atoms with E-state index in [1.807, 2.05) is 4.57 Å². The van der Waals surface area contributed by atoms with Crippen LogP contribution in [0.1, 0.15) is 19.2 Å². The minimum atomic E-state index is -0.441. The van der Waals surface area contributed by atoms with Crippen molar-refractivity contribution in [3.8, 4) is 23.2 Å². The van der Waals surface area contributed by atoms with E-state index < -0.39 is 11.4 Å². The van der Waals surface area contributed by atoms with Gasteiger partial charge in [0.25, 0.3) is 0 Å². The molecule has 0 spiro atoms. The van der Waals surface area contributed by atoms with Crippen LogP contribution in [0, 0.1) is 5.82 Å². The van der Waals surface area contributed by atoms with Crippen LogP contribution in [0.3, 0.4) is 0 Å². The minimum Gasteiger partial charge on any atom is -0.377 e. The van der Waals surface area contributed by atoms with E-state index in [0.717, 1.165) is 23.8 Å². The van der Waals surface area contributed by atoms with Crippen LogP contribution in [-0.2, 0) is 10.3 Å². The van der Waals surface area contributed by atoms with Gasteiger partial charge in [0.15, 0.2) is 17.5 Å². The van der Waals surface area contributed by atoms with Gasteiger partial charge in [-0.25, -0.2) is 19.3 Å². The molecule has 0 amide bonds. The number of hydrogen-bond donors (Lipinski definition) is 0. The third-order valence-electron chi connectivity index (χ3n) is 5.93. The molecule has 0 radical (unpaired) electrons. The highest BCUT2D eigenvalue weighted by Gasteiger charge is 2.48. The van der Waals surface area contributed by atoms with Crippen LogP contribution >= 0.6 is 0 Å². The van der Waals surface area contributed by atoms with Crippen molar-refractivity contribution in [1.29, 1.82) is 0 Å². The molecule has 11 heteroatoms. The second-order valence-electron chi connectivity index (χ2n) is 7.48. The van der Waals surface area contributed by atoms with Crippen LogP contribution in [0.15, 0.2) is 43.2 Å². The summed E-state index contributed by atoms with van der Waals surface area (Å²) in [4.78, 5) is 20.3. The van der Waals surface area contributed by atoms with E-state index in [9.17, 15) is 4.39 Å². The minimum absolute atomic E-state index is 0.403. The number of morpholine rings is 1. The lowest BCUT2D eigenvalue weighted by molar-refractivity contribution is 0.0390. The number of nitrogens with zero attached hydrogens (tertiary/aromatic N) is 9. The molecule has 0 aliphatic carbocycles. The topological polar surface area (TPSA) is 99.7 Å². The molecule has 2 aliphatic rings. The zero-order valence-electron chi connectivity index (χ0n) is 16.7. The SMILES string of the molecule is CCC12COCCN1c1nc(-n3ccnc3-c3ccc(F)cn3)ncc1-n1cnnc12. The van der Waals surface area contributed by atoms with Crippen molar-refractivity contribution in [1.82, 2.24) is 39.3 Å². The van der Waals surface area contributed by atoms with Gasteiger partial charge in [-0.15, -0.1) is 10.2 Å². The standard InChI is InChI=1S/C20H18FN9O/c1-2-20-11-31-8-7-30(20)17-15(29-12-25-27-18(20)29)10-24-19(26-17)28-6-5-22-16(28)14-4-3-13(21)9-23-14/h3-6,9-10,12H,2,7-8,11H2,1H3. The first-order valence-corrected chi connectivity index (χ1v) is 10.0. The van der Waals surface area contributed by atoms with Crippen LogP contribution in [0.5, 0.6) is 0 Å². The Balaban J connectivity index is 1.52. The van der Waals surface area contributed by atoms with Gasteiger partial charge in [-0.2, -0.15) is 4.98 Å². The van der Waals surface area contributed by atoms with Crippen molar-refractivity contribution < 1.29 is 9.13 Å². The molecule has 6 rings (SSSR count). The van der Waals surface area contributed by atoms with Gasteiger partial charge in [0.05, 0.1) is 25.6 Å². The molecule has 4 aromatic rings. The number of hydrogen-bond acceptors (Lipinski definition) is 8. The smallest absolute Gasteiger partial charge is 0.237 e. The highest BCUT2D eigenvalue weighted by atomic mass is 19.1. The van der Waals surface area contributed by atoms with E-state index in [4.69, 9.17) is 9.72 Å². The first-order valence-electron chi connectivity index (χ1n) is 10.0. The van der Waals surface area contributed by atoms with Crippen LogP contribution < -0.4 is 4.90 Å². The number of rotatable bonds is 3. The van der Waals surface area contributed by atoms with Gasteiger partial charge in [0, 0.05) is 18.9 Å². The molecule has 0 bridgehead atoms. The fraction of sp³-hybridized carbons (Fsp3) is 0.300. The van der Waals surface area contributed by atoms with Crippen LogP contribution in [0.25, 0.3) is 23.2 Å². The molecule has 10 nitrogen and oxygen atoms in total. The summed E-state index contributed by atoms with van der Waals surface area (Å²) in [5.74, 6) is 2.20. The van der Waals surface area contributed by atoms with Gasteiger partial charge in [-0.3, -0.25) is 9.13 Å². The summed E-state index contributed by atoms with van der Waals surface area (Å²) in [5, 5.41) is 8.54. The van der Waals surface area contributed by atoms with Gasteiger partial charge < -0.3 is 9.64 Å². The molecule has 1 fully saturated rings. The maximum atomic E-state index is 13.3. The average Bonchev–Trinajstić information content (AvgIpc) is 3.50. The number of fused-ring (bicyclic) bond motifs is 6. The Labute approximate surface area is 176 Å². The Bertz CT molecular complexity index is 1270. The number of ether oxygens (including phenoxy) is 1. The monoisotopic (exact) mass is 419 g/mol. The number of halogens is 1. The Morgan fingerprint density at radius 2 is 2.10 bits per heavy atom. The molecule has 0 N–H and O–H groups in total. The van der Waals surface area contributed by atoms with Crippen molar-refractivity contribution in [2.75, 3.05) is 24.7 Å². The van der Waals surface area contributed by atoms with Crippen LogP contribution in [-0.4, -0.2) is 59.0 Å². The maximum Gasteiger partial charge on any atom is 0.237 e. The van der Waals surface area contributed by atoms with Crippen LogP contribution in [0.2, 0.25) is 0 Å². The van der Waals surface area contributed by atoms with Crippen molar-refractivity contribution in [3.05, 3.63) is 54.9 Å². The van der Waals surface area contributed by atoms with E-state index in [-0.39, 0.29) is 0 Å². The lowest BCUT2D eigenvalue weighted by Crippen LogP contribution is -2.58. The van der Waals surface area contributed by atoms with Crippen molar-refractivity contribution >= 4 is 5.82 Å². The Hall–Kier alpha value is -3.73. The zero-order chi connectivity index (χ0) is 21.0. The Morgan fingerprint density at radius 1 is 1.16 bits per heavy atom. The van der Waals surface area contributed by atoms with Gasteiger partial charge in [-0.1, -0.05) is 6.92 Å². The third kappa shape index (κ3) is 2.53. The number of anilines is 1. The van der Waals surface area contributed by atoms with E-state index in [0.29, 0.717) is 37.2 Å². The summed E-state index contributed by atoms with van der Waals surface area (Å²) in [5.41, 5.74) is 0.906. The summed E-state index contributed by atoms with van der Waals surface area (Å²) in [6.07, 6.45) is 8.82. The number of imidazole rings is 1. The lowest BCUT2D eigenvalue weighted by Gasteiger charge is -2.49. The molecule has 1 atom stereocenters. The fourth-order valence-electron chi connectivity index (χ4n) is 4.37. The van der Waals surface area contributed by atoms with E-state index >= 15 is 0 Å². The molecule has 1 unspecified atom stereocenters. The fourth-order valence-corrected chi connectivity index (χ4v) is 4.37. The molecule has 156 valence electrons. The van der Waals surface area contributed by atoms with Crippen molar-refractivity contribution in [2.45, 2.75) is 18.9 Å². The quantitative estimate of drug-likeness (QED) is 0.496. The highest BCUT2D eigenvalue weighted by molar-refractivity contribution is 5.64. The predicted molar refractivity (Wildman–Crippen MR) is 107 cm³/mol. The van der Waals surface area contributed by atoms with E-state index in [2.05, 4.69) is 37.0 Å². The molecule has 1 saturated heterocycles. The van der Waals surface area contributed by atoms with Crippen LogP contribution in [0.4, 0.5) is 10.2 Å². The van der Waals surface area contributed by atoms with Crippen molar-refractivity contribution in [3.63, 3.8) is 0 Å². The predicted octanol–water partition coefficient (Wildman–Crippen LogP) is 1.90. The van der Waals surface area contributed by atoms with Gasteiger partial charge in [0.1, 0.15) is 29.1 Å². The number of pyridine rings is 1. The summed E-state index contributed by atoms with van der Waals surface area (Å²) >= 11 is 0. The summed E-state index contributed by atoms with van der Waals surface area (Å²) in [6.45, 7) is 3.91. The molecular formula is C20H18FN9O. The summed E-state index contributed by atoms with van der Waals surface area (Å²) < 4.78 is 22.8. The highest BCUT2D eigenvalue weighted by Crippen LogP contribution is 2.43. The molecule has 2 aliphatic heterocycles. The van der Waals surface area contributed by atoms with E-state index in [1.165, 1.54) is 12.3 Å². The molecule has 31 heavy (non-hydrogen) atoms. The maximum absolute atomic E-state index is 13.3. The molecule has 6 heterocycles. The second kappa shape index (κ2) is 6.64. The zero-order valence-corrected chi connectivity index (χ0v) is 16.7. The first-order chi connectivity index (χ1) is 15.2. The second-order valence-corrected chi connectivity index (χ2v) is 7.48. The largest absolute Gasteiger partial charge is 0.377 e. The summed E-state index contributed by atoms with van der Waals surface area (Å²) in [6, 6.07) is 2.94. The number of aromatic nitrogens is 8. The average molecular weight is 419 g/mol. The Kier molecular flexibility index (Phi) is 3.87. The molecular weight excluding hydrogens is 401 g/mol. The normalized spacial score (nSPS) is 19.6. The van der Waals surface area contributed by atoms with Gasteiger partial charge in [-0.05, 0) is 18.6 Å². The lowest BCUT2D eigenvalue weighted by atomic mass is 9.90. The van der Waals surface area contributed by atoms with Crippen molar-refractivity contribution in [2.24, 2.45) is 0 Å². The Morgan fingerprint density at radius 3 is 2.94 bits per heavy atom. The summed E-state index contributed by atoms with van der Waals surface area (Å²) in [7, 11) is 0. The third-order valence-corrected chi connectivity index (χ3v) is 5.93.